The van der Waals surface area contributed by atoms with Gasteiger partial charge in [-0.3, -0.25) is 0 Å². The lowest BCUT2D eigenvalue weighted by Crippen LogP contribution is -2.34. The largest absolute Gasteiger partial charge is 0.352 e. The molecule has 0 amide bonds. The smallest absolute Gasteiger partial charge is 0.184 e. The van der Waals surface area contributed by atoms with Gasteiger partial charge in [-0.15, -0.1) is 0 Å². The zero-order valence-electron chi connectivity index (χ0n) is 12.0. The summed E-state index contributed by atoms with van der Waals surface area (Å²) in [7, 11) is 1.73. The number of methoxy groups -OCH3 is 1. The Balaban J connectivity index is 2.31. The van der Waals surface area contributed by atoms with Crippen molar-refractivity contribution in [1.82, 2.24) is 0 Å². The second kappa shape index (κ2) is 3.58. The summed E-state index contributed by atoms with van der Waals surface area (Å²) in [6.07, 6.45) is 0.962. The minimum atomic E-state index is -0.193. The molecule has 0 fully saturated rings. The first kappa shape index (κ1) is 12.2. The van der Waals surface area contributed by atoms with Crippen molar-refractivity contribution < 1.29 is 9.47 Å². The van der Waals surface area contributed by atoms with Gasteiger partial charge in [0.1, 0.15) is 0 Å². The Bertz CT molecular complexity index is 504. The fraction of sp³-hybridized carbons (Fsp3) is 0.625. The van der Waals surface area contributed by atoms with E-state index in [2.05, 4.69) is 39.8 Å². The normalized spacial score (nSPS) is 32.4. The van der Waals surface area contributed by atoms with Crippen molar-refractivity contribution in [3.8, 4) is 0 Å². The van der Waals surface area contributed by atoms with Crippen LogP contribution in [0.5, 0.6) is 0 Å². The van der Waals surface area contributed by atoms with E-state index in [1.807, 2.05) is 0 Å². The summed E-state index contributed by atoms with van der Waals surface area (Å²) in [6.45, 7) is 9.92. The molecule has 1 aromatic rings. The lowest BCUT2D eigenvalue weighted by Gasteiger charge is -2.37. The third-order valence-corrected chi connectivity index (χ3v) is 4.63. The van der Waals surface area contributed by atoms with Crippen molar-refractivity contribution in [1.29, 1.82) is 0 Å². The maximum absolute atomic E-state index is 5.95. The summed E-state index contributed by atoms with van der Waals surface area (Å²) in [5, 5.41) is 0. The predicted molar refractivity (Wildman–Crippen MR) is 71.9 cm³/mol. The number of aryl methyl sites for hydroxylation is 1. The molecule has 18 heavy (non-hydrogen) atoms. The second-order valence-corrected chi connectivity index (χ2v) is 6.72. The number of ether oxygens (including phenoxy) is 2. The van der Waals surface area contributed by atoms with Crippen molar-refractivity contribution in [3.63, 3.8) is 0 Å². The maximum Gasteiger partial charge on any atom is 0.184 e. The monoisotopic (exact) mass is 246 g/mol. The van der Waals surface area contributed by atoms with E-state index in [1.54, 1.807) is 7.11 Å². The van der Waals surface area contributed by atoms with Gasteiger partial charge >= 0.3 is 0 Å². The quantitative estimate of drug-likeness (QED) is 0.753. The van der Waals surface area contributed by atoms with Gasteiger partial charge in [0, 0.05) is 18.1 Å². The van der Waals surface area contributed by atoms with Crippen molar-refractivity contribution in [2.75, 3.05) is 13.7 Å². The maximum atomic E-state index is 5.95. The SMILES string of the molecule is COC1OCC2(C)CC(C)(C)c3ccc(C)c1c32. The van der Waals surface area contributed by atoms with Crippen molar-refractivity contribution in [2.24, 2.45) is 0 Å². The summed E-state index contributed by atoms with van der Waals surface area (Å²) in [5.41, 5.74) is 5.91. The fourth-order valence-electron chi connectivity index (χ4n) is 4.05. The highest BCUT2D eigenvalue weighted by atomic mass is 16.7. The van der Waals surface area contributed by atoms with Crippen molar-refractivity contribution in [3.05, 3.63) is 34.4 Å². The van der Waals surface area contributed by atoms with Gasteiger partial charge in [0.25, 0.3) is 0 Å². The van der Waals surface area contributed by atoms with Gasteiger partial charge < -0.3 is 9.47 Å². The molecule has 2 aliphatic rings. The van der Waals surface area contributed by atoms with Gasteiger partial charge in [-0.1, -0.05) is 32.9 Å². The molecular weight excluding hydrogens is 224 g/mol. The molecular formula is C16H22O2. The van der Waals surface area contributed by atoms with Crippen LogP contribution in [0.25, 0.3) is 0 Å². The topological polar surface area (TPSA) is 18.5 Å². The summed E-state index contributed by atoms with van der Waals surface area (Å²) in [5.74, 6) is 0. The molecule has 2 nitrogen and oxygen atoms in total. The van der Waals surface area contributed by atoms with E-state index < -0.39 is 0 Å². The molecule has 0 saturated carbocycles. The van der Waals surface area contributed by atoms with E-state index in [4.69, 9.17) is 9.47 Å². The van der Waals surface area contributed by atoms with E-state index in [0.29, 0.717) is 0 Å². The second-order valence-electron chi connectivity index (χ2n) is 6.72. The van der Waals surface area contributed by atoms with Crippen LogP contribution in [0.4, 0.5) is 0 Å². The van der Waals surface area contributed by atoms with Crippen LogP contribution in [0.2, 0.25) is 0 Å². The minimum Gasteiger partial charge on any atom is -0.352 e. The molecule has 0 aromatic heterocycles. The molecule has 1 heterocycles. The zero-order valence-corrected chi connectivity index (χ0v) is 12.0. The van der Waals surface area contributed by atoms with Crippen LogP contribution in [0, 0.1) is 6.92 Å². The molecule has 0 bridgehead atoms. The molecule has 0 saturated heterocycles. The highest BCUT2D eigenvalue weighted by Gasteiger charge is 2.50. The third kappa shape index (κ3) is 1.42. The Morgan fingerprint density at radius 3 is 2.67 bits per heavy atom. The zero-order chi connectivity index (χ0) is 13.1. The Morgan fingerprint density at radius 1 is 1.28 bits per heavy atom. The molecule has 2 unspecified atom stereocenters. The Hall–Kier alpha value is -0.860. The first-order chi connectivity index (χ1) is 8.39. The summed E-state index contributed by atoms with van der Waals surface area (Å²) >= 11 is 0. The highest BCUT2D eigenvalue weighted by Crippen LogP contribution is 2.55. The van der Waals surface area contributed by atoms with Gasteiger partial charge in [0.15, 0.2) is 6.29 Å². The Kier molecular flexibility index (Phi) is 2.43. The van der Waals surface area contributed by atoms with E-state index in [0.717, 1.165) is 13.0 Å². The van der Waals surface area contributed by atoms with E-state index in [-0.39, 0.29) is 17.1 Å². The molecule has 0 radical (unpaired) electrons. The molecule has 1 aliphatic carbocycles. The van der Waals surface area contributed by atoms with Crippen LogP contribution in [-0.4, -0.2) is 13.7 Å². The van der Waals surface area contributed by atoms with E-state index in [1.165, 1.54) is 22.3 Å². The number of rotatable bonds is 1. The summed E-state index contributed by atoms with van der Waals surface area (Å²) < 4.78 is 11.5. The first-order valence-electron chi connectivity index (χ1n) is 6.68. The summed E-state index contributed by atoms with van der Waals surface area (Å²) in [4.78, 5) is 0. The number of hydrogen-bond acceptors (Lipinski definition) is 2. The van der Waals surface area contributed by atoms with Crippen LogP contribution in [0.15, 0.2) is 12.1 Å². The number of hydrogen-bond donors (Lipinski definition) is 0. The van der Waals surface area contributed by atoms with E-state index >= 15 is 0 Å². The van der Waals surface area contributed by atoms with Crippen LogP contribution in [-0.2, 0) is 20.3 Å². The molecule has 0 N–H and O–H groups in total. The van der Waals surface area contributed by atoms with Gasteiger partial charge in [0.2, 0.25) is 0 Å². The molecule has 1 aromatic carbocycles. The molecule has 2 atom stereocenters. The highest BCUT2D eigenvalue weighted by molar-refractivity contribution is 5.54. The van der Waals surface area contributed by atoms with E-state index in [9.17, 15) is 0 Å². The Morgan fingerprint density at radius 2 is 2.00 bits per heavy atom. The molecule has 2 heteroatoms. The summed E-state index contributed by atoms with van der Waals surface area (Å²) in [6, 6.07) is 4.51. The van der Waals surface area contributed by atoms with Crippen LogP contribution in [0.1, 0.15) is 55.7 Å². The number of benzene rings is 1. The van der Waals surface area contributed by atoms with Crippen LogP contribution < -0.4 is 0 Å². The third-order valence-electron chi connectivity index (χ3n) is 4.63. The molecule has 1 aliphatic heterocycles. The van der Waals surface area contributed by atoms with Crippen LogP contribution in [0.3, 0.4) is 0 Å². The fourth-order valence-corrected chi connectivity index (χ4v) is 4.05. The minimum absolute atomic E-state index is 0.148. The lowest BCUT2D eigenvalue weighted by molar-refractivity contribution is -0.151. The van der Waals surface area contributed by atoms with Crippen molar-refractivity contribution in [2.45, 2.75) is 51.2 Å². The lowest BCUT2D eigenvalue weighted by atomic mass is 9.78. The Labute approximate surface area is 109 Å². The average molecular weight is 246 g/mol. The molecule has 0 spiro atoms. The van der Waals surface area contributed by atoms with Crippen LogP contribution >= 0.6 is 0 Å². The van der Waals surface area contributed by atoms with Gasteiger partial charge in [-0.25, -0.2) is 0 Å². The molecule has 3 rings (SSSR count). The average Bonchev–Trinajstić information content (AvgIpc) is 2.50. The van der Waals surface area contributed by atoms with Gasteiger partial charge in [-0.05, 0) is 35.4 Å². The molecule has 98 valence electrons. The standard InChI is InChI=1S/C16H22O2/c1-10-6-7-11-13-12(10)14(17-5)18-9-16(13,4)8-15(11,2)3/h6-7,14H,8-9H2,1-5H3. The van der Waals surface area contributed by atoms with Crippen molar-refractivity contribution >= 4 is 0 Å². The van der Waals surface area contributed by atoms with Gasteiger partial charge in [0.05, 0.1) is 6.61 Å². The first-order valence-corrected chi connectivity index (χ1v) is 6.68. The van der Waals surface area contributed by atoms with Gasteiger partial charge in [-0.2, -0.15) is 0 Å². The predicted octanol–water partition coefficient (Wildman–Crippen LogP) is 3.61.